The van der Waals surface area contributed by atoms with E-state index in [9.17, 15) is 9.59 Å². The molecule has 1 aromatic carbocycles. The topological polar surface area (TPSA) is 86.1 Å². The van der Waals surface area contributed by atoms with Gasteiger partial charge >= 0.3 is 158 Å². The van der Waals surface area contributed by atoms with E-state index in [0.29, 0.717) is 18.7 Å². The number of nitrogens with one attached hydrogen (secondary N) is 1. The van der Waals surface area contributed by atoms with Crippen LogP contribution in [0.15, 0.2) is 30.3 Å². The fraction of sp³-hybridized carbons (Fsp3) is 0.400. The fourth-order valence-corrected chi connectivity index (χ4v) is 8.09. The zero-order valence-corrected chi connectivity index (χ0v) is 18.8. The zero-order valence-electron chi connectivity index (χ0n) is 16.0. The standard InChI is InChI=1S/C17H15N4O2.3CH3.Sn/c18-10-13-5-3-9-21(13)16(22)11-19-17(23)15-8-7-12-4-1-2-6-14(12)20-15;;;;/h1-2,6-8,13H,3,5,9,11H2,(H,19,23);3*1H3;. The van der Waals surface area contributed by atoms with Gasteiger partial charge in [0.05, 0.1) is 0 Å². The molecule has 140 valence electrons. The summed E-state index contributed by atoms with van der Waals surface area (Å²) in [6, 6.07) is 11.5. The van der Waals surface area contributed by atoms with Gasteiger partial charge in [-0.1, -0.05) is 0 Å². The van der Waals surface area contributed by atoms with Crippen LogP contribution >= 0.6 is 0 Å². The van der Waals surface area contributed by atoms with Crippen molar-refractivity contribution in [2.45, 2.75) is 33.7 Å². The second-order valence-electron chi connectivity index (χ2n) is 7.88. The van der Waals surface area contributed by atoms with Crippen molar-refractivity contribution in [3.8, 4) is 6.07 Å². The molecule has 1 aromatic heterocycles. The van der Waals surface area contributed by atoms with Gasteiger partial charge < -0.3 is 0 Å². The number of nitrogens with zero attached hydrogens (tertiary/aromatic N) is 3. The molecule has 1 atom stereocenters. The van der Waals surface area contributed by atoms with Crippen molar-refractivity contribution in [2.75, 3.05) is 13.1 Å². The predicted molar refractivity (Wildman–Crippen MR) is 107 cm³/mol. The van der Waals surface area contributed by atoms with Crippen LogP contribution in [0.3, 0.4) is 0 Å². The predicted octanol–water partition coefficient (Wildman–Crippen LogP) is 2.02. The molecule has 2 heterocycles. The Hall–Kier alpha value is -2.14. The first-order chi connectivity index (χ1) is 12.8. The Morgan fingerprint density at radius 3 is 2.78 bits per heavy atom. The number of nitriles is 1. The van der Waals surface area contributed by atoms with Crippen LogP contribution in [0, 0.1) is 11.3 Å². The fourth-order valence-electron chi connectivity index (χ4n) is 3.48. The third-order valence-electron chi connectivity index (χ3n) is 4.89. The molecule has 0 radical (unpaired) electrons. The first-order valence-corrected chi connectivity index (χ1v) is 19.2. The van der Waals surface area contributed by atoms with Crippen molar-refractivity contribution < 1.29 is 9.59 Å². The van der Waals surface area contributed by atoms with Crippen LogP contribution in [0.25, 0.3) is 10.9 Å². The number of fused-ring (bicyclic) bond motifs is 1. The summed E-state index contributed by atoms with van der Waals surface area (Å²) < 4.78 is 1.38. The monoisotopic (exact) mass is 472 g/mol. The minimum atomic E-state index is -2.28. The summed E-state index contributed by atoms with van der Waals surface area (Å²) in [6.45, 7) is 0.456. The van der Waals surface area contributed by atoms with Gasteiger partial charge in [0, 0.05) is 0 Å². The van der Waals surface area contributed by atoms with Crippen molar-refractivity contribution in [1.29, 1.82) is 5.26 Å². The Labute approximate surface area is 163 Å². The second kappa shape index (κ2) is 7.85. The van der Waals surface area contributed by atoms with Crippen molar-refractivity contribution in [3.05, 3.63) is 36.0 Å². The van der Waals surface area contributed by atoms with Gasteiger partial charge in [0.25, 0.3) is 0 Å². The Morgan fingerprint density at radius 2 is 2.07 bits per heavy atom. The zero-order chi connectivity index (χ0) is 19.6. The summed E-state index contributed by atoms with van der Waals surface area (Å²) in [7, 11) is 0. The summed E-state index contributed by atoms with van der Waals surface area (Å²) >= 11 is -2.28. The Kier molecular flexibility index (Phi) is 5.70. The quantitative estimate of drug-likeness (QED) is 0.692. The molecule has 7 heteroatoms. The average molecular weight is 471 g/mol. The van der Waals surface area contributed by atoms with Gasteiger partial charge in [-0.25, -0.2) is 0 Å². The number of benzene rings is 1. The average Bonchev–Trinajstić information content (AvgIpc) is 3.13. The van der Waals surface area contributed by atoms with Crippen molar-refractivity contribution in [1.82, 2.24) is 15.2 Å². The third kappa shape index (κ3) is 4.24. The summed E-state index contributed by atoms with van der Waals surface area (Å²) in [5, 5.41) is 12.8. The van der Waals surface area contributed by atoms with E-state index >= 15 is 0 Å². The molecule has 6 nitrogen and oxygen atoms in total. The van der Waals surface area contributed by atoms with Crippen LogP contribution in [0.5, 0.6) is 0 Å². The van der Waals surface area contributed by atoms with Crippen LogP contribution in [-0.2, 0) is 4.79 Å². The van der Waals surface area contributed by atoms with E-state index in [-0.39, 0.29) is 24.4 Å². The molecule has 0 bridgehead atoms. The second-order valence-corrected chi connectivity index (χ2v) is 22.3. The first-order valence-electron chi connectivity index (χ1n) is 9.19. The van der Waals surface area contributed by atoms with E-state index in [0.717, 1.165) is 17.3 Å². The molecule has 1 N–H and O–H groups in total. The number of hydrogen-bond acceptors (Lipinski definition) is 4. The number of aromatic nitrogens is 1. The maximum absolute atomic E-state index is 12.4. The van der Waals surface area contributed by atoms with Gasteiger partial charge in [-0.15, -0.1) is 0 Å². The normalized spacial score (nSPS) is 17.0. The molecule has 2 amide bonds. The third-order valence-corrected chi connectivity index (χ3v) is 10.8. The molecule has 3 rings (SSSR count). The summed E-state index contributed by atoms with van der Waals surface area (Å²) in [4.78, 5) is 37.8. The SMILES string of the molecule is [CH3][Sn]([CH3])([CH3])[c]1cccc2nc(C(=O)NCC(=O)N3CCCC3C#N)ccc12. The number of rotatable bonds is 4. The molecule has 1 aliphatic rings. The van der Waals surface area contributed by atoms with E-state index in [1.54, 1.807) is 6.07 Å². The Balaban J connectivity index is 1.73. The summed E-state index contributed by atoms with van der Waals surface area (Å²) in [6.07, 6.45) is 1.52. The number of hydrogen-bond donors (Lipinski definition) is 1. The summed E-state index contributed by atoms with van der Waals surface area (Å²) in [5.74, 6) is -0.597. The van der Waals surface area contributed by atoms with Crippen molar-refractivity contribution >= 4 is 44.7 Å². The molecule has 1 fully saturated rings. The van der Waals surface area contributed by atoms with Gasteiger partial charge in [0.1, 0.15) is 0 Å². The molecule has 0 saturated carbocycles. The first kappa shape index (κ1) is 19.6. The van der Waals surface area contributed by atoms with E-state index in [1.807, 2.05) is 18.2 Å². The van der Waals surface area contributed by atoms with Crippen LogP contribution in [0.2, 0.25) is 14.8 Å². The minimum absolute atomic E-state index is 0.116. The van der Waals surface area contributed by atoms with Crippen LogP contribution in [0.4, 0.5) is 0 Å². The van der Waals surface area contributed by atoms with E-state index < -0.39 is 18.4 Å². The Morgan fingerprint density at radius 1 is 1.30 bits per heavy atom. The molecule has 0 aliphatic carbocycles. The van der Waals surface area contributed by atoms with Crippen LogP contribution < -0.4 is 8.90 Å². The molecule has 1 aliphatic heterocycles. The number of amides is 2. The molecule has 27 heavy (non-hydrogen) atoms. The van der Waals surface area contributed by atoms with Crippen LogP contribution in [-0.4, -0.2) is 59.2 Å². The van der Waals surface area contributed by atoms with Gasteiger partial charge in [0.15, 0.2) is 0 Å². The molecular weight excluding hydrogens is 447 g/mol. The van der Waals surface area contributed by atoms with Crippen molar-refractivity contribution in [2.24, 2.45) is 0 Å². The summed E-state index contributed by atoms with van der Waals surface area (Å²) in [5.41, 5.74) is 1.11. The molecule has 0 spiro atoms. The van der Waals surface area contributed by atoms with Gasteiger partial charge in [0.2, 0.25) is 0 Å². The van der Waals surface area contributed by atoms with Gasteiger partial charge in [-0.3, -0.25) is 0 Å². The Bertz CT molecular complexity index is 930. The van der Waals surface area contributed by atoms with E-state index in [2.05, 4.69) is 37.3 Å². The van der Waals surface area contributed by atoms with Crippen molar-refractivity contribution in [3.63, 3.8) is 0 Å². The van der Waals surface area contributed by atoms with Gasteiger partial charge in [-0.05, 0) is 0 Å². The van der Waals surface area contributed by atoms with E-state index in [1.165, 1.54) is 8.48 Å². The number of pyridine rings is 1. The maximum atomic E-state index is 12.4. The van der Waals surface area contributed by atoms with E-state index in [4.69, 9.17) is 5.26 Å². The molecule has 2 aromatic rings. The molecule has 1 unspecified atom stereocenters. The molecular formula is C20H24N4O2Sn. The van der Waals surface area contributed by atoms with Crippen LogP contribution in [0.1, 0.15) is 23.3 Å². The number of carbonyl (C=O) groups is 2. The van der Waals surface area contributed by atoms with Gasteiger partial charge in [-0.2, -0.15) is 5.26 Å². The number of likely N-dealkylation sites (tertiary alicyclic amines) is 1. The molecule has 1 saturated heterocycles. The number of carbonyl (C=O) groups excluding carboxylic acids is 2.